The predicted molar refractivity (Wildman–Crippen MR) is 117 cm³/mol. The van der Waals surface area contributed by atoms with Crippen molar-refractivity contribution in [2.24, 2.45) is 23.2 Å². The molecular formula is C25H33N3O3. The van der Waals surface area contributed by atoms with Crippen molar-refractivity contribution >= 4 is 17.7 Å². The number of hydrogen-bond acceptors (Lipinski definition) is 3. The third-order valence-electron chi connectivity index (χ3n) is 8.05. The van der Waals surface area contributed by atoms with Gasteiger partial charge >= 0.3 is 0 Å². The molecule has 2 N–H and O–H groups in total. The maximum absolute atomic E-state index is 12.7. The van der Waals surface area contributed by atoms with Gasteiger partial charge in [-0.15, -0.1) is 0 Å². The Labute approximate surface area is 184 Å². The monoisotopic (exact) mass is 423 g/mol. The van der Waals surface area contributed by atoms with Crippen LogP contribution in [0, 0.1) is 23.2 Å². The fourth-order valence-electron chi connectivity index (χ4n) is 7.21. The Morgan fingerprint density at radius 3 is 2.06 bits per heavy atom. The Morgan fingerprint density at radius 1 is 0.968 bits per heavy atom. The Kier molecular flexibility index (Phi) is 5.27. The highest BCUT2D eigenvalue weighted by atomic mass is 16.2. The van der Waals surface area contributed by atoms with Crippen molar-refractivity contribution in [3.05, 3.63) is 35.4 Å². The molecule has 1 heterocycles. The van der Waals surface area contributed by atoms with Crippen LogP contribution in [0.2, 0.25) is 0 Å². The van der Waals surface area contributed by atoms with E-state index in [1.165, 1.54) is 38.5 Å². The molecule has 1 aromatic carbocycles. The van der Waals surface area contributed by atoms with Crippen LogP contribution in [-0.4, -0.2) is 35.2 Å². The van der Waals surface area contributed by atoms with Gasteiger partial charge in [-0.3, -0.25) is 14.4 Å². The standard InChI is InChI=1S/C25H33N3O3/c1-16(24(31)28-14-20-4-2-3-5-21(20)15-28)27-23(30)13-26-22(29)12-25-9-17-6-18(10-25)8-19(7-17)11-25/h2-5,16-19H,6-15H2,1H3,(H,26,29)(H,27,30)/t16-,17?,18?,19?,25?/m0/s1. The van der Waals surface area contributed by atoms with Crippen LogP contribution >= 0.6 is 0 Å². The molecule has 6 nitrogen and oxygen atoms in total. The summed E-state index contributed by atoms with van der Waals surface area (Å²) in [5.74, 6) is 2.01. The quantitative estimate of drug-likeness (QED) is 0.739. The second kappa shape index (κ2) is 7.95. The molecule has 4 bridgehead atoms. The zero-order valence-corrected chi connectivity index (χ0v) is 18.4. The van der Waals surface area contributed by atoms with E-state index in [1.54, 1.807) is 11.8 Å². The van der Waals surface area contributed by atoms with Crippen molar-refractivity contribution in [1.82, 2.24) is 15.5 Å². The predicted octanol–water partition coefficient (Wildman–Crippen LogP) is 2.76. The summed E-state index contributed by atoms with van der Waals surface area (Å²) in [5.41, 5.74) is 2.49. The topological polar surface area (TPSA) is 78.5 Å². The molecule has 4 fully saturated rings. The average Bonchev–Trinajstić information content (AvgIpc) is 3.14. The first-order valence-electron chi connectivity index (χ1n) is 11.8. The molecule has 5 aliphatic rings. The second-order valence-corrected chi connectivity index (χ2v) is 10.6. The molecule has 3 amide bonds. The molecule has 4 saturated carbocycles. The van der Waals surface area contributed by atoms with E-state index in [4.69, 9.17) is 0 Å². The summed E-state index contributed by atoms with van der Waals surface area (Å²) in [4.78, 5) is 39.5. The Balaban J connectivity index is 1.07. The maximum Gasteiger partial charge on any atom is 0.245 e. The molecule has 31 heavy (non-hydrogen) atoms. The lowest BCUT2D eigenvalue weighted by Crippen LogP contribution is -2.50. The van der Waals surface area contributed by atoms with Crippen molar-refractivity contribution in [3.8, 4) is 0 Å². The maximum atomic E-state index is 12.7. The van der Waals surface area contributed by atoms with Gasteiger partial charge in [0.2, 0.25) is 17.7 Å². The summed E-state index contributed by atoms with van der Waals surface area (Å²) in [6, 6.07) is 7.41. The van der Waals surface area contributed by atoms with Crippen LogP contribution in [0.4, 0.5) is 0 Å². The van der Waals surface area contributed by atoms with Crippen molar-refractivity contribution in [2.45, 2.75) is 71.0 Å². The molecule has 1 aromatic rings. The fourth-order valence-corrected chi connectivity index (χ4v) is 7.21. The first-order chi connectivity index (χ1) is 14.9. The summed E-state index contributed by atoms with van der Waals surface area (Å²) in [6.07, 6.45) is 8.17. The number of benzene rings is 1. The van der Waals surface area contributed by atoms with E-state index in [-0.39, 0.29) is 29.7 Å². The summed E-state index contributed by atoms with van der Waals surface area (Å²) < 4.78 is 0. The van der Waals surface area contributed by atoms with Crippen LogP contribution in [0.3, 0.4) is 0 Å². The number of amides is 3. The van der Waals surface area contributed by atoms with E-state index in [0.717, 1.165) is 28.9 Å². The fraction of sp³-hybridized carbons (Fsp3) is 0.640. The van der Waals surface area contributed by atoms with Gasteiger partial charge in [-0.2, -0.15) is 0 Å². The molecule has 6 rings (SSSR count). The molecule has 166 valence electrons. The van der Waals surface area contributed by atoms with E-state index in [0.29, 0.717) is 19.5 Å². The summed E-state index contributed by atoms with van der Waals surface area (Å²) in [5, 5.41) is 5.56. The van der Waals surface area contributed by atoms with Gasteiger partial charge in [0.15, 0.2) is 0 Å². The minimum absolute atomic E-state index is 0.0222. The highest BCUT2D eigenvalue weighted by Gasteiger charge is 2.51. The summed E-state index contributed by atoms with van der Waals surface area (Å²) in [7, 11) is 0. The van der Waals surface area contributed by atoms with Gasteiger partial charge in [0.25, 0.3) is 0 Å². The molecule has 4 aliphatic carbocycles. The van der Waals surface area contributed by atoms with Gasteiger partial charge in [0.1, 0.15) is 6.04 Å². The molecule has 6 heteroatoms. The first-order valence-corrected chi connectivity index (χ1v) is 11.8. The van der Waals surface area contributed by atoms with E-state index < -0.39 is 6.04 Å². The molecule has 0 saturated heterocycles. The van der Waals surface area contributed by atoms with Gasteiger partial charge in [0, 0.05) is 19.5 Å². The lowest BCUT2D eigenvalue weighted by molar-refractivity contribution is -0.136. The molecule has 0 spiro atoms. The number of fused-ring (bicyclic) bond motifs is 1. The summed E-state index contributed by atoms with van der Waals surface area (Å²) >= 11 is 0. The number of nitrogens with one attached hydrogen (secondary N) is 2. The number of carbonyl (C=O) groups excluding carboxylic acids is 3. The van der Waals surface area contributed by atoms with E-state index in [2.05, 4.69) is 10.6 Å². The largest absolute Gasteiger partial charge is 0.347 e. The molecule has 0 radical (unpaired) electrons. The minimum atomic E-state index is -0.609. The molecule has 0 unspecified atom stereocenters. The van der Waals surface area contributed by atoms with Crippen LogP contribution in [-0.2, 0) is 27.5 Å². The van der Waals surface area contributed by atoms with Gasteiger partial charge in [-0.25, -0.2) is 0 Å². The third-order valence-corrected chi connectivity index (χ3v) is 8.05. The van der Waals surface area contributed by atoms with Crippen LogP contribution in [0.15, 0.2) is 24.3 Å². The highest BCUT2D eigenvalue weighted by Crippen LogP contribution is 2.61. The van der Waals surface area contributed by atoms with Gasteiger partial charge in [-0.1, -0.05) is 24.3 Å². The van der Waals surface area contributed by atoms with Crippen LogP contribution < -0.4 is 10.6 Å². The first kappa shape index (κ1) is 20.5. The van der Waals surface area contributed by atoms with E-state index in [1.807, 2.05) is 24.3 Å². The van der Waals surface area contributed by atoms with Crippen molar-refractivity contribution in [1.29, 1.82) is 0 Å². The smallest absolute Gasteiger partial charge is 0.245 e. The Hall–Kier alpha value is -2.37. The van der Waals surface area contributed by atoms with Crippen molar-refractivity contribution in [3.63, 3.8) is 0 Å². The molecule has 0 aromatic heterocycles. The number of rotatable bonds is 6. The number of hydrogen-bond donors (Lipinski definition) is 2. The number of nitrogens with zero attached hydrogens (tertiary/aromatic N) is 1. The van der Waals surface area contributed by atoms with Gasteiger partial charge < -0.3 is 15.5 Å². The second-order valence-electron chi connectivity index (χ2n) is 10.6. The van der Waals surface area contributed by atoms with E-state index in [9.17, 15) is 14.4 Å². The Bertz CT molecular complexity index is 835. The molecule has 1 atom stereocenters. The van der Waals surface area contributed by atoms with Crippen LogP contribution in [0.5, 0.6) is 0 Å². The lowest BCUT2D eigenvalue weighted by atomic mass is 9.49. The number of carbonyl (C=O) groups is 3. The SMILES string of the molecule is C[C@H](NC(=O)CNC(=O)CC12CC3CC(CC(C3)C1)C2)C(=O)N1Cc2ccccc2C1. The van der Waals surface area contributed by atoms with Crippen molar-refractivity contribution < 1.29 is 14.4 Å². The molecular weight excluding hydrogens is 390 g/mol. The van der Waals surface area contributed by atoms with E-state index >= 15 is 0 Å². The highest BCUT2D eigenvalue weighted by molar-refractivity contribution is 5.90. The van der Waals surface area contributed by atoms with Crippen LogP contribution in [0.1, 0.15) is 63.0 Å². The average molecular weight is 424 g/mol. The van der Waals surface area contributed by atoms with Crippen LogP contribution in [0.25, 0.3) is 0 Å². The zero-order valence-electron chi connectivity index (χ0n) is 18.4. The Morgan fingerprint density at radius 2 is 1.52 bits per heavy atom. The van der Waals surface area contributed by atoms with Crippen molar-refractivity contribution in [2.75, 3.05) is 6.54 Å². The normalized spacial score (nSPS) is 31.3. The summed E-state index contributed by atoms with van der Waals surface area (Å²) in [6.45, 7) is 2.80. The minimum Gasteiger partial charge on any atom is -0.347 e. The molecule has 1 aliphatic heterocycles. The van der Waals surface area contributed by atoms with Gasteiger partial charge in [-0.05, 0) is 79.7 Å². The lowest BCUT2D eigenvalue weighted by Gasteiger charge is -2.56. The zero-order chi connectivity index (χ0) is 21.6. The third kappa shape index (κ3) is 4.21. The van der Waals surface area contributed by atoms with Gasteiger partial charge in [0.05, 0.1) is 6.54 Å².